The van der Waals surface area contributed by atoms with Crippen LogP contribution in [0.2, 0.25) is 0 Å². The van der Waals surface area contributed by atoms with Gasteiger partial charge >= 0.3 is 0 Å². The van der Waals surface area contributed by atoms with E-state index in [9.17, 15) is 4.79 Å². The molecule has 0 aliphatic carbocycles. The lowest BCUT2D eigenvalue weighted by Gasteiger charge is -2.35. The summed E-state index contributed by atoms with van der Waals surface area (Å²) in [5, 5.41) is 0. The Balaban J connectivity index is 1.53. The molecule has 5 heteroatoms. The molecule has 0 bridgehead atoms. The number of hydrogen-bond donors (Lipinski definition) is 0. The summed E-state index contributed by atoms with van der Waals surface area (Å²) in [4.78, 5) is 26.9. The van der Waals surface area contributed by atoms with Gasteiger partial charge in [0.25, 0.3) is 0 Å². The van der Waals surface area contributed by atoms with Crippen molar-refractivity contribution in [3.05, 3.63) is 58.7 Å². The van der Waals surface area contributed by atoms with E-state index in [2.05, 4.69) is 48.1 Å². The summed E-state index contributed by atoms with van der Waals surface area (Å²) in [5.74, 6) is 1.01. The number of hydrogen-bond acceptors (Lipinski definition) is 4. The normalized spacial score (nSPS) is 20.4. The number of carbonyl (C=O) groups is 1. The first-order chi connectivity index (χ1) is 13.1. The van der Waals surface area contributed by atoms with E-state index in [0.717, 1.165) is 62.4 Å². The SMILES string of the molecule is Cc1ccc(CC(=O)N2CCCC[C@@H]2c2ncc3c(n2)CCN(C)C3)cc1. The molecule has 3 heterocycles. The minimum atomic E-state index is 0.0154. The van der Waals surface area contributed by atoms with Crippen LogP contribution in [0.4, 0.5) is 0 Å². The second-order valence-corrected chi connectivity index (χ2v) is 7.95. The van der Waals surface area contributed by atoms with Gasteiger partial charge in [0.05, 0.1) is 12.5 Å². The lowest BCUT2D eigenvalue weighted by Crippen LogP contribution is -2.40. The molecule has 27 heavy (non-hydrogen) atoms. The Morgan fingerprint density at radius 3 is 2.81 bits per heavy atom. The largest absolute Gasteiger partial charge is 0.332 e. The predicted octanol–water partition coefficient (Wildman–Crippen LogP) is 3.07. The molecule has 1 amide bonds. The molecule has 0 saturated carbocycles. The molecule has 1 atom stereocenters. The number of benzene rings is 1. The molecule has 2 aliphatic heterocycles. The molecule has 2 aromatic rings. The zero-order chi connectivity index (χ0) is 18.8. The van der Waals surface area contributed by atoms with E-state index < -0.39 is 0 Å². The van der Waals surface area contributed by atoms with E-state index in [0.29, 0.717) is 6.42 Å². The summed E-state index contributed by atoms with van der Waals surface area (Å²) >= 11 is 0. The lowest BCUT2D eigenvalue weighted by atomic mass is 9.99. The van der Waals surface area contributed by atoms with Gasteiger partial charge in [0, 0.05) is 43.5 Å². The minimum absolute atomic E-state index is 0.0154. The van der Waals surface area contributed by atoms with E-state index in [-0.39, 0.29) is 11.9 Å². The molecule has 1 fully saturated rings. The van der Waals surface area contributed by atoms with E-state index in [1.54, 1.807) is 0 Å². The fraction of sp³-hybridized carbons (Fsp3) is 0.500. The number of aryl methyl sites for hydroxylation is 1. The Morgan fingerprint density at radius 2 is 2.00 bits per heavy atom. The van der Waals surface area contributed by atoms with Crippen LogP contribution >= 0.6 is 0 Å². The number of nitrogens with zero attached hydrogens (tertiary/aromatic N) is 4. The Morgan fingerprint density at radius 1 is 1.19 bits per heavy atom. The van der Waals surface area contributed by atoms with Gasteiger partial charge < -0.3 is 9.80 Å². The molecule has 5 nitrogen and oxygen atoms in total. The van der Waals surface area contributed by atoms with Gasteiger partial charge in [-0.05, 0) is 38.8 Å². The third-order valence-electron chi connectivity index (χ3n) is 5.74. The van der Waals surface area contributed by atoms with Gasteiger partial charge in [0.2, 0.25) is 5.91 Å². The Hall–Kier alpha value is -2.27. The van der Waals surface area contributed by atoms with Crippen LogP contribution < -0.4 is 0 Å². The highest BCUT2D eigenvalue weighted by atomic mass is 16.2. The summed E-state index contributed by atoms with van der Waals surface area (Å²) in [7, 11) is 2.13. The zero-order valence-corrected chi connectivity index (χ0v) is 16.3. The average Bonchev–Trinajstić information content (AvgIpc) is 2.69. The van der Waals surface area contributed by atoms with Crippen molar-refractivity contribution in [2.24, 2.45) is 0 Å². The third-order valence-corrected chi connectivity index (χ3v) is 5.74. The number of aromatic nitrogens is 2. The first-order valence-corrected chi connectivity index (χ1v) is 9.98. The average molecular weight is 364 g/mol. The molecule has 142 valence electrons. The number of amides is 1. The molecular formula is C22H28N4O. The fourth-order valence-corrected chi connectivity index (χ4v) is 4.11. The van der Waals surface area contributed by atoms with Gasteiger partial charge in [0.15, 0.2) is 5.82 Å². The standard InChI is InChI=1S/C22H28N4O/c1-16-6-8-17(9-7-16)13-21(27)26-11-4-3-5-20(26)22-23-14-18-15-25(2)12-10-19(18)24-22/h6-9,14,20H,3-5,10-13,15H2,1-2H3/t20-/m1/s1. The maximum absolute atomic E-state index is 13.0. The van der Waals surface area contributed by atoms with Crippen LogP contribution in [0, 0.1) is 6.92 Å². The van der Waals surface area contributed by atoms with Crippen LogP contribution in [0.1, 0.15) is 53.5 Å². The van der Waals surface area contributed by atoms with Gasteiger partial charge in [-0.3, -0.25) is 4.79 Å². The highest BCUT2D eigenvalue weighted by Crippen LogP contribution is 2.30. The van der Waals surface area contributed by atoms with E-state index in [1.807, 2.05) is 11.1 Å². The monoisotopic (exact) mass is 364 g/mol. The highest BCUT2D eigenvalue weighted by molar-refractivity contribution is 5.79. The number of carbonyl (C=O) groups excluding carboxylic acids is 1. The quantitative estimate of drug-likeness (QED) is 0.840. The molecule has 0 spiro atoms. The van der Waals surface area contributed by atoms with Crippen molar-refractivity contribution < 1.29 is 4.79 Å². The highest BCUT2D eigenvalue weighted by Gasteiger charge is 2.30. The molecule has 0 unspecified atom stereocenters. The second-order valence-electron chi connectivity index (χ2n) is 7.95. The number of fused-ring (bicyclic) bond motifs is 1. The van der Waals surface area contributed by atoms with E-state index in [4.69, 9.17) is 4.98 Å². The number of piperidine rings is 1. The van der Waals surface area contributed by atoms with Crippen LogP contribution in [0.25, 0.3) is 0 Å². The molecule has 4 rings (SSSR count). The summed E-state index contributed by atoms with van der Waals surface area (Å²) < 4.78 is 0. The maximum atomic E-state index is 13.0. The third kappa shape index (κ3) is 4.03. The van der Waals surface area contributed by atoms with Gasteiger partial charge in [-0.2, -0.15) is 0 Å². The number of likely N-dealkylation sites (tertiary alicyclic amines) is 1. The van der Waals surface area contributed by atoms with Gasteiger partial charge in [-0.25, -0.2) is 9.97 Å². The van der Waals surface area contributed by atoms with E-state index >= 15 is 0 Å². The van der Waals surface area contributed by atoms with Crippen LogP contribution in [-0.2, 0) is 24.2 Å². The molecule has 0 radical (unpaired) electrons. The van der Waals surface area contributed by atoms with Crippen LogP contribution in [0.15, 0.2) is 30.5 Å². The van der Waals surface area contributed by atoms with Crippen LogP contribution in [-0.4, -0.2) is 45.8 Å². The van der Waals surface area contributed by atoms with E-state index in [1.165, 1.54) is 11.1 Å². The fourth-order valence-electron chi connectivity index (χ4n) is 4.11. The summed E-state index contributed by atoms with van der Waals surface area (Å²) in [6, 6.07) is 8.26. The summed E-state index contributed by atoms with van der Waals surface area (Å²) in [6.45, 7) is 4.82. The number of rotatable bonds is 3. The Labute approximate surface area is 161 Å². The van der Waals surface area contributed by atoms with Crippen LogP contribution in [0.3, 0.4) is 0 Å². The van der Waals surface area contributed by atoms with Crippen LogP contribution in [0.5, 0.6) is 0 Å². The Kier molecular flexibility index (Phi) is 5.21. The molecular weight excluding hydrogens is 336 g/mol. The topological polar surface area (TPSA) is 49.3 Å². The predicted molar refractivity (Wildman–Crippen MR) is 105 cm³/mol. The Bertz CT molecular complexity index is 818. The number of likely N-dealkylation sites (N-methyl/N-ethyl adjacent to an activating group) is 1. The molecule has 2 aliphatic rings. The first-order valence-electron chi connectivity index (χ1n) is 9.98. The smallest absolute Gasteiger partial charge is 0.227 e. The molecule has 1 saturated heterocycles. The van der Waals surface area contributed by atoms with Crippen molar-refractivity contribution in [3.8, 4) is 0 Å². The van der Waals surface area contributed by atoms with Gasteiger partial charge in [-0.1, -0.05) is 29.8 Å². The zero-order valence-electron chi connectivity index (χ0n) is 16.3. The molecule has 0 N–H and O–H groups in total. The summed E-state index contributed by atoms with van der Waals surface area (Å²) in [5.41, 5.74) is 4.68. The van der Waals surface area contributed by atoms with Crippen molar-refractivity contribution in [1.82, 2.24) is 19.8 Å². The van der Waals surface area contributed by atoms with Gasteiger partial charge in [-0.15, -0.1) is 0 Å². The van der Waals surface area contributed by atoms with Crippen molar-refractivity contribution >= 4 is 5.91 Å². The van der Waals surface area contributed by atoms with Crippen molar-refractivity contribution in [3.63, 3.8) is 0 Å². The molecule has 1 aromatic heterocycles. The van der Waals surface area contributed by atoms with Crippen molar-refractivity contribution in [2.75, 3.05) is 20.1 Å². The minimum Gasteiger partial charge on any atom is -0.332 e. The summed E-state index contributed by atoms with van der Waals surface area (Å²) in [6.07, 6.45) is 6.54. The van der Waals surface area contributed by atoms with Gasteiger partial charge in [0.1, 0.15) is 0 Å². The maximum Gasteiger partial charge on any atom is 0.227 e. The first kappa shape index (κ1) is 18.1. The van der Waals surface area contributed by atoms with Crippen molar-refractivity contribution in [2.45, 2.75) is 51.6 Å². The molecule has 1 aromatic carbocycles. The second kappa shape index (κ2) is 7.77. The lowest BCUT2D eigenvalue weighted by molar-refractivity contribution is -0.134. The van der Waals surface area contributed by atoms with Crippen molar-refractivity contribution in [1.29, 1.82) is 0 Å².